The molecule has 17 heavy (non-hydrogen) atoms. The third-order valence-electron chi connectivity index (χ3n) is 2.85. The lowest BCUT2D eigenvalue weighted by molar-refractivity contribution is 0.407. The van der Waals surface area contributed by atoms with Gasteiger partial charge in [0.1, 0.15) is 5.75 Å². The summed E-state index contributed by atoms with van der Waals surface area (Å²) in [7, 11) is 1.71. The van der Waals surface area contributed by atoms with E-state index in [1.807, 2.05) is 25.1 Å². The van der Waals surface area contributed by atoms with E-state index in [9.17, 15) is 0 Å². The minimum Gasteiger partial charge on any atom is -0.496 e. The summed E-state index contributed by atoms with van der Waals surface area (Å²) in [5, 5.41) is 7.24. The van der Waals surface area contributed by atoms with Crippen LogP contribution in [0, 0.1) is 6.92 Å². The van der Waals surface area contributed by atoms with Crippen molar-refractivity contribution in [1.82, 2.24) is 10.2 Å². The lowest BCUT2D eigenvalue weighted by Crippen LogP contribution is -1.94. The molecule has 3 nitrogen and oxygen atoms in total. The molecule has 3 heteroatoms. The van der Waals surface area contributed by atoms with Crippen LogP contribution in [0.3, 0.4) is 0 Å². The molecule has 0 saturated carbocycles. The van der Waals surface area contributed by atoms with Crippen molar-refractivity contribution in [3.8, 4) is 17.0 Å². The first-order valence-corrected chi connectivity index (χ1v) is 5.82. The molecule has 0 bridgehead atoms. The highest BCUT2D eigenvalue weighted by atomic mass is 16.5. The molecule has 0 radical (unpaired) electrons. The van der Waals surface area contributed by atoms with Crippen molar-refractivity contribution in [2.24, 2.45) is 0 Å². The average molecular weight is 230 g/mol. The highest BCUT2D eigenvalue weighted by Gasteiger charge is 2.10. The van der Waals surface area contributed by atoms with Crippen LogP contribution in [0.2, 0.25) is 0 Å². The fourth-order valence-electron chi connectivity index (χ4n) is 1.91. The molecule has 0 aliphatic heterocycles. The number of methoxy groups -OCH3 is 1. The quantitative estimate of drug-likeness (QED) is 0.876. The van der Waals surface area contributed by atoms with Crippen molar-refractivity contribution >= 4 is 0 Å². The minimum atomic E-state index is 0.435. The zero-order valence-electron chi connectivity index (χ0n) is 10.7. The summed E-state index contributed by atoms with van der Waals surface area (Å²) in [5.41, 5.74) is 4.39. The SMILES string of the molecule is COc1ccc(-c2cc(C)[nH]n2)cc1C(C)C. The van der Waals surface area contributed by atoms with Crippen LogP contribution in [0.4, 0.5) is 0 Å². The highest BCUT2D eigenvalue weighted by molar-refractivity contribution is 5.62. The van der Waals surface area contributed by atoms with E-state index in [1.165, 1.54) is 5.56 Å². The molecule has 0 aliphatic rings. The van der Waals surface area contributed by atoms with Gasteiger partial charge in [-0.2, -0.15) is 5.10 Å². The Bertz CT molecular complexity index is 515. The van der Waals surface area contributed by atoms with Gasteiger partial charge in [0.25, 0.3) is 0 Å². The molecular weight excluding hydrogens is 212 g/mol. The van der Waals surface area contributed by atoms with Crippen molar-refractivity contribution < 1.29 is 4.74 Å². The van der Waals surface area contributed by atoms with Gasteiger partial charge < -0.3 is 4.74 Å². The van der Waals surface area contributed by atoms with Gasteiger partial charge in [0, 0.05) is 11.3 Å². The molecule has 0 fully saturated rings. The van der Waals surface area contributed by atoms with Crippen LogP contribution >= 0.6 is 0 Å². The summed E-state index contributed by atoms with van der Waals surface area (Å²) >= 11 is 0. The van der Waals surface area contributed by atoms with E-state index in [1.54, 1.807) is 7.11 Å². The number of rotatable bonds is 3. The molecule has 1 aromatic carbocycles. The Hall–Kier alpha value is -1.77. The van der Waals surface area contributed by atoms with Crippen LogP contribution < -0.4 is 4.74 Å². The van der Waals surface area contributed by atoms with E-state index in [0.717, 1.165) is 22.7 Å². The molecular formula is C14H18N2O. The van der Waals surface area contributed by atoms with Crippen molar-refractivity contribution in [3.05, 3.63) is 35.5 Å². The molecule has 90 valence electrons. The second-order valence-electron chi connectivity index (χ2n) is 4.55. The maximum atomic E-state index is 5.37. The number of aromatic nitrogens is 2. The predicted molar refractivity (Wildman–Crippen MR) is 69.4 cm³/mol. The maximum Gasteiger partial charge on any atom is 0.122 e. The van der Waals surface area contributed by atoms with Crippen molar-refractivity contribution in [3.63, 3.8) is 0 Å². The number of aryl methyl sites for hydroxylation is 1. The van der Waals surface area contributed by atoms with E-state index < -0.39 is 0 Å². The Morgan fingerprint density at radius 1 is 1.24 bits per heavy atom. The van der Waals surface area contributed by atoms with E-state index in [0.29, 0.717) is 5.92 Å². The number of hydrogen-bond acceptors (Lipinski definition) is 2. The van der Waals surface area contributed by atoms with Crippen LogP contribution in [0.25, 0.3) is 11.3 Å². The molecule has 0 spiro atoms. The highest BCUT2D eigenvalue weighted by Crippen LogP contribution is 2.30. The summed E-state index contributed by atoms with van der Waals surface area (Å²) < 4.78 is 5.37. The summed E-state index contributed by atoms with van der Waals surface area (Å²) in [6, 6.07) is 8.25. The fourth-order valence-corrected chi connectivity index (χ4v) is 1.91. The van der Waals surface area contributed by atoms with E-state index in [4.69, 9.17) is 4.74 Å². The summed E-state index contributed by atoms with van der Waals surface area (Å²) in [5.74, 6) is 1.38. The Labute approximate surface area is 102 Å². The zero-order valence-corrected chi connectivity index (χ0v) is 10.7. The van der Waals surface area contributed by atoms with Crippen molar-refractivity contribution in [1.29, 1.82) is 0 Å². The van der Waals surface area contributed by atoms with Gasteiger partial charge in [0.05, 0.1) is 12.8 Å². The third kappa shape index (κ3) is 2.33. The fraction of sp³-hybridized carbons (Fsp3) is 0.357. The van der Waals surface area contributed by atoms with E-state index in [2.05, 4.69) is 30.1 Å². The standard InChI is InChI=1S/C14H18N2O/c1-9(2)12-8-11(5-6-14(12)17-4)13-7-10(3)15-16-13/h5-9H,1-4H3,(H,15,16). The van der Waals surface area contributed by atoms with Crippen LogP contribution in [0.5, 0.6) is 5.75 Å². The molecule has 1 N–H and O–H groups in total. The second kappa shape index (κ2) is 4.62. The molecule has 1 heterocycles. The number of aromatic amines is 1. The van der Waals surface area contributed by atoms with Crippen LogP contribution in [0.15, 0.2) is 24.3 Å². The topological polar surface area (TPSA) is 37.9 Å². The van der Waals surface area contributed by atoms with Gasteiger partial charge in [0.15, 0.2) is 0 Å². The zero-order chi connectivity index (χ0) is 12.4. The first-order chi connectivity index (χ1) is 8.11. The molecule has 2 aromatic rings. The monoisotopic (exact) mass is 230 g/mol. The van der Waals surface area contributed by atoms with Crippen molar-refractivity contribution in [2.75, 3.05) is 7.11 Å². The smallest absolute Gasteiger partial charge is 0.122 e. The predicted octanol–water partition coefficient (Wildman–Crippen LogP) is 3.52. The molecule has 0 amide bonds. The van der Waals surface area contributed by atoms with Gasteiger partial charge in [-0.25, -0.2) is 0 Å². The van der Waals surface area contributed by atoms with Gasteiger partial charge in [-0.15, -0.1) is 0 Å². The van der Waals surface area contributed by atoms with Crippen LogP contribution in [-0.4, -0.2) is 17.3 Å². The third-order valence-corrected chi connectivity index (χ3v) is 2.85. The molecule has 0 unspecified atom stereocenters. The lowest BCUT2D eigenvalue weighted by Gasteiger charge is -2.12. The Balaban J connectivity index is 2.47. The minimum absolute atomic E-state index is 0.435. The number of nitrogens with zero attached hydrogens (tertiary/aromatic N) is 1. The normalized spacial score (nSPS) is 10.9. The van der Waals surface area contributed by atoms with Gasteiger partial charge >= 0.3 is 0 Å². The Kier molecular flexibility index (Phi) is 3.18. The Morgan fingerprint density at radius 3 is 2.53 bits per heavy atom. The number of ether oxygens (including phenoxy) is 1. The first kappa shape index (κ1) is 11.7. The first-order valence-electron chi connectivity index (χ1n) is 5.82. The van der Waals surface area contributed by atoms with E-state index in [-0.39, 0.29) is 0 Å². The van der Waals surface area contributed by atoms with Gasteiger partial charge in [-0.1, -0.05) is 13.8 Å². The maximum absolute atomic E-state index is 5.37. The van der Waals surface area contributed by atoms with E-state index >= 15 is 0 Å². The van der Waals surface area contributed by atoms with Gasteiger partial charge in [-0.05, 0) is 42.7 Å². The molecule has 2 rings (SSSR count). The van der Waals surface area contributed by atoms with Crippen LogP contribution in [0.1, 0.15) is 31.0 Å². The summed E-state index contributed by atoms with van der Waals surface area (Å²) in [4.78, 5) is 0. The number of nitrogens with one attached hydrogen (secondary N) is 1. The number of benzene rings is 1. The molecule has 0 saturated heterocycles. The average Bonchev–Trinajstić information content (AvgIpc) is 2.75. The molecule has 1 aromatic heterocycles. The number of hydrogen-bond donors (Lipinski definition) is 1. The van der Waals surface area contributed by atoms with Crippen molar-refractivity contribution in [2.45, 2.75) is 26.7 Å². The lowest BCUT2D eigenvalue weighted by atomic mass is 9.98. The number of H-pyrrole nitrogens is 1. The molecule has 0 atom stereocenters. The largest absolute Gasteiger partial charge is 0.496 e. The van der Waals surface area contributed by atoms with Gasteiger partial charge in [-0.3, -0.25) is 5.10 Å². The second-order valence-corrected chi connectivity index (χ2v) is 4.55. The molecule has 0 aliphatic carbocycles. The summed E-state index contributed by atoms with van der Waals surface area (Å²) in [6.45, 7) is 6.33. The van der Waals surface area contributed by atoms with Gasteiger partial charge in [0.2, 0.25) is 0 Å². The summed E-state index contributed by atoms with van der Waals surface area (Å²) in [6.07, 6.45) is 0. The van der Waals surface area contributed by atoms with Crippen LogP contribution in [-0.2, 0) is 0 Å². The Morgan fingerprint density at radius 2 is 2.00 bits per heavy atom.